The van der Waals surface area contributed by atoms with Crippen molar-refractivity contribution in [3.05, 3.63) is 30.6 Å². The summed E-state index contributed by atoms with van der Waals surface area (Å²) in [4.78, 5) is 12.5. The van der Waals surface area contributed by atoms with E-state index in [0.29, 0.717) is 11.6 Å². The first-order valence-electron chi connectivity index (χ1n) is 8.84. The van der Waals surface area contributed by atoms with E-state index in [9.17, 15) is 12.8 Å². The molecule has 0 spiro atoms. The van der Waals surface area contributed by atoms with Gasteiger partial charge in [0.25, 0.3) is 0 Å². The van der Waals surface area contributed by atoms with Gasteiger partial charge in [0, 0.05) is 38.9 Å². The third kappa shape index (κ3) is 6.14. The quantitative estimate of drug-likeness (QED) is 0.658. The first-order chi connectivity index (χ1) is 12.9. The van der Waals surface area contributed by atoms with Crippen LogP contribution in [0.4, 0.5) is 16.0 Å². The summed E-state index contributed by atoms with van der Waals surface area (Å²) in [7, 11) is -3.27. The fourth-order valence-electron chi connectivity index (χ4n) is 3.00. The molecule has 1 aliphatic rings. The monoisotopic (exact) mass is 397 g/mol. The smallest absolute Gasteiger partial charge is 0.229 e. The zero-order valence-corrected chi connectivity index (χ0v) is 16.1. The highest BCUT2D eigenvalue weighted by Gasteiger charge is 2.18. The Hall–Kier alpha value is -2.27. The minimum Gasteiger partial charge on any atom is -0.338 e. The lowest BCUT2D eigenvalue weighted by atomic mass is 10.2. The number of hydrogen-bond donors (Lipinski definition) is 1. The summed E-state index contributed by atoms with van der Waals surface area (Å²) in [5.74, 6) is 0.155. The molecule has 1 aliphatic heterocycles. The molecule has 0 amide bonds. The lowest BCUT2D eigenvalue weighted by Gasteiger charge is -2.34. The van der Waals surface area contributed by atoms with Crippen LogP contribution in [-0.4, -0.2) is 72.0 Å². The van der Waals surface area contributed by atoms with E-state index in [1.165, 1.54) is 18.6 Å². The van der Waals surface area contributed by atoms with Crippen molar-refractivity contribution < 1.29 is 12.8 Å². The van der Waals surface area contributed by atoms with Crippen LogP contribution in [0.25, 0.3) is 0 Å². The van der Waals surface area contributed by atoms with Crippen molar-refractivity contribution in [3.63, 3.8) is 0 Å². The highest BCUT2D eigenvalue weighted by Crippen LogP contribution is 2.12. The van der Waals surface area contributed by atoms with Crippen LogP contribution in [-0.2, 0) is 16.6 Å². The fourth-order valence-corrected chi connectivity index (χ4v) is 3.54. The Labute approximate surface area is 158 Å². The summed E-state index contributed by atoms with van der Waals surface area (Å²) in [5.41, 5.74) is 0.483. The van der Waals surface area contributed by atoms with Crippen LogP contribution in [0.15, 0.2) is 24.8 Å². The summed E-state index contributed by atoms with van der Waals surface area (Å²) in [6, 6.07) is 0. The number of rotatable bonds is 8. The van der Waals surface area contributed by atoms with E-state index >= 15 is 0 Å². The lowest BCUT2D eigenvalue weighted by molar-refractivity contribution is 0.249. The average Bonchev–Trinajstić information content (AvgIpc) is 3.05. The molecule has 0 aliphatic carbocycles. The van der Waals surface area contributed by atoms with Crippen LogP contribution in [0.1, 0.15) is 12.8 Å². The van der Waals surface area contributed by atoms with Crippen molar-refractivity contribution in [1.29, 1.82) is 0 Å². The van der Waals surface area contributed by atoms with Crippen LogP contribution in [0.2, 0.25) is 0 Å². The van der Waals surface area contributed by atoms with Crippen LogP contribution >= 0.6 is 0 Å². The molecule has 0 radical (unpaired) electrons. The zero-order valence-electron chi connectivity index (χ0n) is 15.3. The molecular weight excluding hydrogens is 373 g/mol. The zero-order chi connectivity index (χ0) is 19.3. The van der Waals surface area contributed by atoms with E-state index in [4.69, 9.17) is 0 Å². The standard InChI is InChI=1S/C16H24FN7O2S/c1-27(25,26)21-15-12-20-24(13-15)5-3-2-4-22-6-8-23(9-7-22)16-18-10-14(17)11-19-16/h10-13,21H,2-9H2,1H3. The minimum absolute atomic E-state index is 0.422. The number of aromatic nitrogens is 4. The highest BCUT2D eigenvalue weighted by molar-refractivity contribution is 7.92. The molecule has 11 heteroatoms. The Morgan fingerprint density at radius 2 is 1.74 bits per heavy atom. The first kappa shape index (κ1) is 19.5. The van der Waals surface area contributed by atoms with Crippen molar-refractivity contribution in [2.45, 2.75) is 19.4 Å². The van der Waals surface area contributed by atoms with Gasteiger partial charge in [0.2, 0.25) is 16.0 Å². The SMILES string of the molecule is CS(=O)(=O)Nc1cnn(CCCCN2CCN(c3ncc(F)cn3)CC2)c1. The van der Waals surface area contributed by atoms with E-state index in [-0.39, 0.29) is 0 Å². The van der Waals surface area contributed by atoms with Crippen LogP contribution in [0, 0.1) is 5.82 Å². The van der Waals surface area contributed by atoms with E-state index in [2.05, 4.69) is 29.6 Å². The molecule has 1 N–H and O–H groups in total. The number of hydrogen-bond acceptors (Lipinski definition) is 7. The number of anilines is 2. The van der Waals surface area contributed by atoms with Gasteiger partial charge in [-0.15, -0.1) is 0 Å². The normalized spacial score (nSPS) is 15.9. The molecular formula is C16H24FN7O2S. The second kappa shape index (κ2) is 8.61. The fraction of sp³-hybridized carbons (Fsp3) is 0.562. The van der Waals surface area contributed by atoms with Crippen LogP contribution in [0.5, 0.6) is 0 Å². The van der Waals surface area contributed by atoms with Gasteiger partial charge < -0.3 is 4.90 Å². The Kier molecular flexibility index (Phi) is 6.22. The summed E-state index contributed by atoms with van der Waals surface area (Å²) < 4.78 is 39.4. The van der Waals surface area contributed by atoms with Crippen molar-refractivity contribution in [3.8, 4) is 0 Å². The Morgan fingerprint density at radius 1 is 1.07 bits per heavy atom. The average molecular weight is 397 g/mol. The molecule has 0 unspecified atom stereocenters. The predicted octanol–water partition coefficient (Wildman–Crippen LogP) is 0.786. The van der Waals surface area contributed by atoms with Gasteiger partial charge in [0.15, 0.2) is 5.82 Å². The lowest BCUT2D eigenvalue weighted by Crippen LogP contribution is -2.47. The van der Waals surface area contributed by atoms with Gasteiger partial charge in [-0.2, -0.15) is 5.10 Å². The molecule has 1 saturated heterocycles. The van der Waals surface area contributed by atoms with Gasteiger partial charge in [-0.25, -0.2) is 22.8 Å². The molecule has 0 saturated carbocycles. The molecule has 3 rings (SSSR count). The molecule has 2 aromatic heterocycles. The molecule has 9 nitrogen and oxygen atoms in total. The molecule has 0 aromatic carbocycles. The molecule has 0 bridgehead atoms. The van der Waals surface area contributed by atoms with Gasteiger partial charge in [-0.1, -0.05) is 0 Å². The summed E-state index contributed by atoms with van der Waals surface area (Å²) >= 11 is 0. The van der Waals surface area contributed by atoms with E-state index < -0.39 is 15.8 Å². The molecule has 27 heavy (non-hydrogen) atoms. The number of nitrogens with zero attached hydrogens (tertiary/aromatic N) is 6. The third-order valence-corrected chi connectivity index (χ3v) is 4.92. The molecule has 2 aromatic rings. The van der Waals surface area contributed by atoms with Gasteiger partial charge in [0.05, 0.1) is 30.5 Å². The molecule has 3 heterocycles. The van der Waals surface area contributed by atoms with Gasteiger partial charge in [-0.3, -0.25) is 14.3 Å². The van der Waals surface area contributed by atoms with Crippen molar-refractivity contribution in [1.82, 2.24) is 24.6 Å². The van der Waals surface area contributed by atoms with Crippen LogP contribution < -0.4 is 9.62 Å². The number of piperazine rings is 1. The van der Waals surface area contributed by atoms with Gasteiger partial charge in [0.1, 0.15) is 0 Å². The molecule has 148 valence electrons. The highest BCUT2D eigenvalue weighted by atomic mass is 32.2. The van der Waals surface area contributed by atoms with Crippen LogP contribution in [0.3, 0.4) is 0 Å². The number of sulfonamides is 1. The van der Waals surface area contributed by atoms with E-state index in [0.717, 1.165) is 58.4 Å². The largest absolute Gasteiger partial charge is 0.338 e. The maximum atomic E-state index is 12.9. The topological polar surface area (TPSA) is 96.2 Å². The Morgan fingerprint density at radius 3 is 2.41 bits per heavy atom. The second-order valence-corrected chi connectivity index (χ2v) is 8.35. The number of halogens is 1. The van der Waals surface area contributed by atoms with E-state index in [1.54, 1.807) is 10.9 Å². The number of nitrogens with one attached hydrogen (secondary N) is 1. The first-order valence-corrected chi connectivity index (χ1v) is 10.7. The second-order valence-electron chi connectivity index (χ2n) is 6.60. The van der Waals surface area contributed by atoms with Crippen molar-refractivity contribution >= 4 is 21.7 Å². The Balaban J connectivity index is 1.34. The number of unbranched alkanes of at least 4 members (excludes halogenated alkanes) is 1. The van der Waals surface area contributed by atoms with Crippen molar-refractivity contribution in [2.75, 3.05) is 48.6 Å². The van der Waals surface area contributed by atoms with Crippen molar-refractivity contribution in [2.24, 2.45) is 0 Å². The Bertz CT molecular complexity index is 833. The third-order valence-electron chi connectivity index (χ3n) is 4.31. The molecule has 0 atom stereocenters. The minimum atomic E-state index is -3.27. The number of aryl methyl sites for hydroxylation is 1. The summed E-state index contributed by atoms with van der Waals surface area (Å²) in [6.45, 7) is 5.23. The van der Waals surface area contributed by atoms with Gasteiger partial charge in [-0.05, 0) is 19.4 Å². The summed E-state index contributed by atoms with van der Waals surface area (Å²) in [5, 5.41) is 4.16. The molecule has 1 fully saturated rings. The van der Waals surface area contributed by atoms with E-state index in [1.807, 2.05) is 0 Å². The summed E-state index contributed by atoms with van der Waals surface area (Å²) in [6.07, 6.45) is 8.71. The predicted molar refractivity (Wildman–Crippen MR) is 101 cm³/mol. The maximum Gasteiger partial charge on any atom is 0.229 e. The maximum absolute atomic E-state index is 12.9. The van der Waals surface area contributed by atoms with Gasteiger partial charge >= 0.3 is 0 Å².